The van der Waals surface area contributed by atoms with Crippen LogP contribution in [0.2, 0.25) is 5.02 Å². The van der Waals surface area contributed by atoms with Crippen molar-refractivity contribution < 1.29 is 4.84 Å². The van der Waals surface area contributed by atoms with Gasteiger partial charge < -0.3 is 0 Å². The lowest BCUT2D eigenvalue weighted by molar-refractivity contribution is 0.0373. The van der Waals surface area contributed by atoms with E-state index in [0.29, 0.717) is 5.02 Å². The van der Waals surface area contributed by atoms with Crippen LogP contribution in [-0.4, -0.2) is 10.6 Å². The molecule has 1 aromatic heterocycles. The van der Waals surface area contributed by atoms with Crippen LogP contribution in [0.15, 0.2) is 12.3 Å². The lowest BCUT2D eigenvalue weighted by atomic mass is 10.2. The van der Waals surface area contributed by atoms with Crippen molar-refractivity contribution >= 4 is 17.3 Å². The molecule has 1 rings (SSSR count). The van der Waals surface area contributed by atoms with Crippen molar-refractivity contribution in [3.63, 3.8) is 0 Å². The monoisotopic (exact) mass is 214 g/mol. The Morgan fingerprint density at radius 2 is 2.07 bits per heavy atom. The number of nitrogens with one attached hydrogen (secondary N) is 1. The lowest BCUT2D eigenvalue weighted by Crippen LogP contribution is -2.23. The van der Waals surface area contributed by atoms with E-state index < -0.39 is 0 Å². The summed E-state index contributed by atoms with van der Waals surface area (Å²) in [6.45, 7) is 7.79. The normalized spacial score (nSPS) is 11.5. The summed E-state index contributed by atoms with van der Waals surface area (Å²) in [5, 5.41) is 0.593. The zero-order chi connectivity index (χ0) is 10.8. The molecule has 1 aromatic rings. The zero-order valence-electron chi connectivity index (χ0n) is 8.89. The highest BCUT2D eigenvalue weighted by Gasteiger charge is 2.11. The van der Waals surface area contributed by atoms with Crippen LogP contribution in [-0.2, 0) is 4.84 Å². The van der Waals surface area contributed by atoms with E-state index in [-0.39, 0.29) is 5.60 Å². The average Bonchev–Trinajstić information content (AvgIpc) is 2.05. The predicted molar refractivity (Wildman–Crippen MR) is 58.4 cm³/mol. The number of aromatic nitrogens is 1. The molecule has 1 heterocycles. The van der Waals surface area contributed by atoms with Crippen LogP contribution in [0, 0.1) is 6.92 Å². The van der Waals surface area contributed by atoms with Gasteiger partial charge in [0.25, 0.3) is 0 Å². The Morgan fingerprint density at radius 1 is 1.43 bits per heavy atom. The molecule has 0 atom stereocenters. The molecule has 78 valence electrons. The number of pyridine rings is 1. The first-order valence-electron chi connectivity index (χ1n) is 4.45. The summed E-state index contributed by atoms with van der Waals surface area (Å²) in [6, 6.07) is 1.79. The van der Waals surface area contributed by atoms with E-state index in [9.17, 15) is 0 Å². The Morgan fingerprint density at radius 3 is 2.64 bits per heavy atom. The topological polar surface area (TPSA) is 34.2 Å². The van der Waals surface area contributed by atoms with Gasteiger partial charge in [-0.2, -0.15) is 0 Å². The van der Waals surface area contributed by atoms with Crippen LogP contribution in [0.4, 0.5) is 5.69 Å². The SMILES string of the molecule is Cc1ncc(Cl)cc1NOC(C)(C)C. The Bertz CT molecular complexity index is 320. The second kappa shape index (κ2) is 4.15. The standard InChI is InChI=1S/C10H15ClN2O/c1-7-9(5-8(11)6-12-7)13-14-10(2,3)4/h5-6,13H,1-4H3. The Hall–Kier alpha value is -0.800. The molecule has 0 aromatic carbocycles. The molecule has 14 heavy (non-hydrogen) atoms. The van der Waals surface area contributed by atoms with Crippen molar-refractivity contribution in [1.29, 1.82) is 0 Å². The first kappa shape index (κ1) is 11.3. The summed E-state index contributed by atoms with van der Waals surface area (Å²) in [7, 11) is 0. The summed E-state index contributed by atoms with van der Waals surface area (Å²) in [4.78, 5) is 9.51. The molecule has 0 unspecified atom stereocenters. The van der Waals surface area contributed by atoms with Crippen molar-refractivity contribution in [3.8, 4) is 0 Å². The van der Waals surface area contributed by atoms with Crippen LogP contribution in [0.5, 0.6) is 0 Å². The Labute approximate surface area is 89.4 Å². The Balaban J connectivity index is 2.72. The lowest BCUT2D eigenvalue weighted by Gasteiger charge is -2.20. The molecule has 3 nitrogen and oxygen atoms in total. The number of anilines is 1. The molecule has 0 amide bonds. The maximum atomic E-state index is 5.81. The smallest absolute Gasteiger partial charge is 0.0876 e. The third-order valence-corrected chi connectivity index (χ3v) is 1.73. The number of halogens is 1. The highest BCUT2D eigenvalue weighted by Crippen LogP contribution is 2.19. The molecule has 0 fully saturated rings. The number of hydrogen-bond donors (Lipinski definition) is 1. The first-order valence-corrected chi connectivity index (χ1v) is 4.82. The molecule has 0 aliphatic carbocycles. The van der Waals surface area contributed by atoms with E-state index in [1.165, 1.54) is 0 Å². The molecule has 0 bridgehead atoms. The van der Waals surface area contributed by atoms with E-state index in [2.05, 4.69) is 10.5 Å². The van der Waals surface area contributed by atoms with Gasteiger partial charge >= 0.3 is 0 Å². The van der Waals surface area contributed by atoms with Gasteiger partial charge in [0.05, 0.1) is 22.0 Å². The molecule has 0 aliphatic heterocycles. The summed E-state index contributed by atoms with van der Waals surface area (Å²) in [6.07, 6.45) is 1.61. The highest BCUT2D eigenvalue weighted by atomic mass is 35.5. The summed E-state index contributed by atoms with van der Waals surface area (Å²) < 4.78 is 0. The van der Waals surface area contributed by atoms with Crippen molar-refractivity contribution in [2.45, 2.75) is 33.3 Å². The molecular formula is C10H15ClN2O. The number of rotatable bonds is 2. The molecule has 4 heteroatoms. The molecular weight excluding hydrogens is 200 g/mol. The maximum absolute atomic E-state index is 5.81. The van der Waals surface area contributed by atoms with Crippen molar-refractivity contribution in [2.75, 3.05) is 5.48 Å². The third-order valence-electron chi connectivity index (χ3n) is 1.52. The maximum Gasteiger partial charge on any atom is 0.0876 e. The minimum atomic E-state index is -0.241. The van der Waals surface area contributed by atoms with E-state index in [4.69, 9.17) is 16.4 Å². The Kier molecular flexibility index (Phi) is 3.34. The van der Waals surface area contributed by atoms with Crippen LogP contribution in [0.1, 0.15) is 26.5 Å². The summed E-state index contributed by atoms with van der Waals surface area (Å²) in [5.74, 6) is 0. The highest BCUT2D eigenvalue weighted by molar-refractivity contribution is 6.30. The van der Waals surface area contributed by atoms with Crippen molar-refractivity contribution in [3.05, 3.63) is 23.0 Å². The molecule has 0 saturated heterocycles. The minimum Gasteiger partial charge on any atom is -0.270 e. The van der Waals surface area contributed by atoms with Gasteiger partial charge in [0.2, 0.25) is 0 Å². The molecule has 0 radical (unpaired) electrons. The third kappa shape index (κ3) is 3.52. The van der Waals surface area contributed by atoms with Crippen molar-refractivity contribution in [1.82, 2.24) is 4.98 Å². The first-order chi connectivity index (χ1) is 6.38. The quantitative estimate of drug-likeness (QED) is 0.768. The fraction of sp³-hybridized carbons (Fsp3) is 0.500. The van der Waals surface area contributed by atoms with Gasteiger partial charge in [0, 0.05) is 6.20 Å². The molecule has 1 N–H and O–H groups in total. The largest absolute Gasteiger partial charge is 0.270 e. The van der Waals surface area contributed by atoms with Gasteiger partial charge in [-0.15, -0.1) is 0 Å². The number of hydrogen-bond acceptors (Lipinski definition) is 3. The van der Waals surface area contributed by atoms with Gasteiger partial charge in [0.15, 0.2) is 0 Å². The van der Waals surface area contributed by atoms with Gasteiger partial charge in [-0.05, 0) is 33.8 Å². The predicted octanol–water partition coefficient (Wildman–Crippen LogP) is 3.19. The number of aryl methyl sites for hydroxylation is 1. The minimum absolute atomic E-state index is 0.241. The van der Waals surface area contributed by atoms with Crippen molar-refractivity contribution in [2.24, 2.45) is 0 Å². The van der Waals surface area contributed by atoms with E-state index in [0.717, 1.165) is 11.4 Å². The molecule has 0 spiro atoms. The van der Waals surface area contributed by atoms with Crippen LogP contribution in [0.25, 0.3) is 0 Å². The van der Waals surface area contributed by atoms with Crippen LogP contribution in [0.3, 0.4) is 0 Å². The molecule has 0 aliphatic rings. The summed E-state index contributed by atoms with van der Waals surface area (Å²) >= 11 is 5.81. The zero-order valence-corrected chi connectivity index (χ0v) is 9.64. The second-order valence-electron chi connectivity index (χ2n) is 4.10. The van der Waals surface area contributed by atoms with E-state index >= 15 is 0 Å². The fourth-order valence-corrected chi connectivity index (χ4v) is 0.977. The van der Waals surface area contributed by atoms with Crippen LogP contribution >= 0.6 is 11.6 Å². The number of nitrogens with zero attached hydrogens (tertiary/aromatic N) is 1. The van der Waals surface area contributed by atoms with E-state index in [1.54, 1.807) is 12.3 Å². The van der Waals surface area contributed by atoms with Gasteiger partial charge in [-0.1, -0.05) is 11.6 Å². The molecule has 0 saturated carbocycles. The second-order valence-corrected chi connectivity index (χ2v) is 4.54. The van der Waals surface area contributed by atoms with Gasteiger partial charge in [-0.25, -0.2) is 0 Å². The fourth-order valence-electron chi connectivity index (χ4n) is 0.819. The average molecular weight is 215 g/mol. The van der Waals surface area contributed by atoms with Gasteiger partial charge in [0.1, 0.15) is 0 Å². The van der Waals surface area contributed by atoms with Gasteiger partial charge in [-0.3, -0.25) is 15.3 Å². The summed E-state index contributed by atoms with van der Waals surface area (Å²) in [5.41, 5.74) is 4.26. The van der Waals surface area contributed by atoms with E-state index in [1.807, 2.05) is 27.7 Å². The van der Waals surface area contributed by atoms with Crippen LogP contribution < -0.4 is 5.48 Å².